The Morgan fingerprint density at radius 2 is 2.19 bits per heavy atom. The zero-order valence-electron chi connectivity index (χ0n) is 10.4. The Morgan fingerprint density at radius 1 is 1.38 bits per heavy atom. The number of hydrogen-bond donors (Lipinski definition) is 1. The summed E-state index contributed by atoms with van der Waals surface area (Å²) < 4.78 is 0. The Balaban J connectivity index is 2.15. The molecular formula is C14H22N2. The number of nitrogen functional groups attached to an aromatic ring is 1. The Kier molecular flexibility index (Phi) is 3.37. The lowest BCUT2D eigenvalue weighted by molar-refractivity contribution is 0.560. The Morgan fingerprint density at radius 3 is 2.94 bits per heavy atom. The minimum Gasteiger partial charge on any atom is -0.399 e. The molecule has 1 aromatic carbocycles. The summed E-state index contributed by atoms with van der Waals surface area (Å²) in [5, 5.41) is 0. The molecule has 2 nitrogen and oxygen atoms in total. The standard InChI is InChI=1S/C14H22N2/c1-11(2)7-9-16-8-3-4-12-5-6-13(15)10-14(12)16/h5-6,10-11H,3-4,7-9,15H2,1-2H3. The third kappa shape index (κ3) is 2.49. The van der Waals surface area contributed by atoms with E-state index in [9.17, 15) is 0 Å². The molecule has 2 rings (SSSR count). The smallest absolute Gasteiger partial charge is 0.0419 e. The number of fused-ring (bicyclic) bond motifs is 1. The van der Waals surface area contributed by atoms with Crippen molar-refractivity contribution in [3.8, 4) is 0 Å². The van der Waals surface area contributed by atoms with Gasteiger partial charge >= 0.3 is 0 Å². The maximum absolute atomic E-state index is 5.87. The van der Waals surface area contributed by atoms with Gasteiger partial charge in [-0.3, -0.25) is 0 Å². The van der Waals surface area contributed by atoms with Gasteiger partial charge in [-0.1, -0.05) is 19.9 Å². The van der Waals surface area contributed by atoms with Gasteiger partial charge in [0.15, 0.2) is 0 Å². The van der Waals surface area contributed by atoms with Gasteiger partial charge in [0.25, 0.3) is 0 Å². The van der Waals surface area contributed by atoms with Crippen LogP contribution in [0.15, 0.2) is 18.2 Å². The van der Waals surface area contributed by atoms with Gasteiger partial charge in [0.1, 0.15) is 0 Å². The summed E-state index contributed by atoms with van der Waals surface area (Å²) in [6.45, 7) is 6.91. The fourth-order valence-electron chi connectivity index (χ4n) is 2.31. The molecule has 0 bridgehead atoms. The highest BCUT2D eigenvalue weighted by Crippen LogP contribution is 2.29. The maximum Gasteiger partial charge on any atom is 0.0419 e. The van der Waals surface area contributed by atoms with E-state index in [0.29, 0.717) is 0 Å². The van der Waals surface area contributed by atoms with Gasteiger partial charge in [0.05, 0.1) is 0 Å². The lowest BCUT2D eigenvalue weighted by Crippen LogP contribution is -2.31. The van der Waals surface area contributed by atoms with Crippen molar-refractivity contribution in [2.24, 2.45) is 5.92 Å². The molecule has 0 saturated carbocycles. The van der Waals surface area contributed by atoms with E-state index in [1.165, 1.54) is 37.1 Å². The summed E-state index contributed by atoms with van der Waals surface area (Å²) in [7, 11) is 0. The molecule has 0 atom stereocenters. The number of rotatable bonds is 3. The molecule has 2 N–H and O–H groups in total. The van der Waals surface area contributed by atoms with Crippen LogP contribution in [0.2, 0.25) is 0 Å². The summed E-state index contributed by atoms with van der Waals surface area (Å²) in [5.74, 6) is 0.770. The van der Waals surface area contributed by atoms with Crippen LogP contribution < -0.4 is 10.6 Å². The normalized spacial score (nSPS) is 15.3. The molecule has 0 unspecified atom stereocenters. The maximum atomic E-state index is 5.87. The molecule has 1 heterocycles. The van der Waals surface area contributed by atoms with Gasteiger partial charge in [-0.15, -0.1) is 0 Å². The molecular weight excluding hydrogens is 196 g/mol. The van der Waals surface area contributed by atoms with Crippen LogP contribution in [0.5, 0.6) is 0 Å². The van der Waals surface area contributed by atoms with Crippen molar-refractivity contribution < 1.29 is 0 Å². The Labute approximate surface area is 98.4 Å². The molecule has 0 radical (unpaired) electrons. The molecule has 0 saturated heterocycles. The molecule has 0 spiro atoms. The quantitative estimate of drug-likeness (QED) is 0.790. The SMILES string of the molecule is CC(C)CCN1CCCc2ccc(N)cc21. The largest absolute Gasteiger partial charge is 0.399 e. The summed E-state index contributed by atoms with van der Waals surface area (Å²) in [6.07, 6.45) is 3.73. The van der Waals surface area contributed by atoms with Crippen molar-refractivity contribution in [1.82, 2.24) is 0 Å². The van der Waals surface area contributed by atoms with E-state index in [1.54, 1.807) is 0 Å². The number of hydrogen-bond acceptors (Lipinski definition) is 2. The zero-order chi connectivity index (χ0) is 11.5. The van der Waals surface area contributed by atoms with E-state index in [1.807, 2.05) is 6.07 Å². The van der Waals surface area contributed by atoms with Gasteiger partial charge in [-0.2, -0.15) is 0 Å². The highest BCUT2D eigenvalue weighted by atomic mass is 15.1. The van der Waals surface area contributed by atoms with Gasteiger partial charge in [0.2, 0.25) is 0 Å². The predicted octanol–water partition coefficient (Wildman–Crippen LogP) is 3.07. The van der Waals surface area contributed by atoms with Crippen LogP contribution in [0.1, 0.15) is 32.3 Å². The number of aryl methyl sites for hydroxylation is 1. The second kappa shape index (κ2) is 4.77. The molecule has 0 fully saturated rings. The van der Waals surface area contributed by atoms with Gasteiger partial charge < -0.3 is 10.6 Å². The third-order valence-electron chi connectivity index (χ3n) is 3.30. The van der Waals surface area contributed by atoms with E-state index in [-0.39, 0.29) is 0 Å². The van der Waals surface area contributed by atoms with Crippen molar-refractivity contribution in [3.63, 3.8) is 0 Å². The monoisotopic (exact) mass is 218 g/mol. The lowest BCUT2D eigenvalue weighted by Gasteiger charge is -2.32. The Hall–Kier alpha value is -1.18. The molecule has 2 heteroatoms. The molecule has 1 aliphatic heterocycles. The van der Waals surface area contributed by atoms with Crippen LogP contribution in [-0.4, -0.2) is 13.1 Å². The van der Waals surface area contributed by atoms with Crippen molar-refractivity contribution in [3.05, 3.63) is 23.8 Å². The number of nitrogens with zero attached hydrogens (tertiary/aromatic N) is 1. The highest BCUT2D eigenvalue weighted by Gasteiger charge is 2.16. The average molecular weight is 218 g/mol. The topological polar surface area (TPSA) is 29.3 Å². The van der Waals surface area contributed by atoms with Gasteiger partial charge in [-0.05, 0) is 42.9 Å². The van der Waals surface area contributed by atoms with E-state index < -0.39 is 0 Å². The minimum atomic E-state index is 0.770. The van der Waals surface area contributed by atoms with Crippen LogP contribution in [-0.2, 0) is 6.42 Å². The molecule has 1 aliphatic rings. The summed E-state index contributed by atoms with van der Waals surface area (Å²) in [6, 6.07) is 6.34. The molecule has 1 aromatic rings. The number of nitrogens with two attached hydrogens (primary N) is 1. The first kappa shape index (κ1) is 11.3. The van der Waals surface area contributed by atoms with Gasteiger partial charge in [0, 0.05) is 24.5 Å². The van der Waals surface area contributed by atoms with E-state index >= 15 is 0 Å². The zero-order valence-corrected chi connectivity index (χ0v) is 10.4. The fourth-order valence-corrected chi connectivity index (χ4v) is 2.31. The first-order chi connectivity index (χ1) is 7.66. The molecule has 0 aliphatic carbocycles. The first-order valence-corrected chi connectivity index (χ1v) is 6.30. The van der Waals surface area contributed by atoms with E-state index in [2.05, 4.69) is 30.9 Å². The van der Waals surface area contributed by atoms with Crippen LogP contribution in [0, 0.1) is 5.92 Å². The van der Waals surface area contributed by atoms with Crippen molar-refractivity contribution in [2.75, 3.05) is 23.7 Å². The van der Waals surface area contributed by atoms with Crippen LogP contribution in [0.25, 0.3) is 0 Å². The summed E-state index contributed by atoms with van der Waals surface area (Å²) in [5.41, 5.74) is 9.59. The Bertz CT molecular complexity index is 358. The van der Waals surface area contributed by atoms with Crippen molar-refractivity contribution in [1.29, 1.82) is 0 Å². The van der Waals surface area contributed by atoms with Crippen LogP contribution in [0.4, 0.5) is 11.4 Å². The van der Waals surface area contributed by atoms with Crippen LogP contribution >= 0.6 is 0 Å². The second-order valence-electron chi connectivity index (χ2n) is 5.16. The molecule has 88 valence electrons. The van der Waals surface area contributed by atoms with E-state index in [0.717, 1.165) is 18.2 Å². The lowest BCUT2D eigenvalue weighted by atomic mass is 10.00. The summed E-state index contributed by atoms with van der Waals surface area (Å²) in [4.78, 5) is 2.50. The fraction of sp³-hybridized carbons (Fsp3) is 0.571. The third-order valence-corrected chi connectivity index (χ3v) is 3.30. The van der Waals surface area contributed by atoms with Crippen LogP contribution in [0.3, 0.4) is 0 Å². The average Bonchev–Trinajstić information content (AvgIpc) is 2.26. The van der Waals surface area contributed by atoms with Crippen molar-refractivity contribution >= 4 is 11.4 Å². The molecule has 0 aromatic heterocycles. The molecule has 16 heavy (non-hydrogen) atoms. The van der Waals surface area contributed by atoms with E-state index in [4.69, 9.17) is 5.73 Å². The minimum absolute atomic E-state index is 0.770. The first-order valence-electron chi connectivity index (χ1n) is 6.30. The van der Waals surface area contributed by atoms with Gasteiger partial charge in [-0.25, -0.2) is 0 Å². The predicted molar refractivity (Wildman–Crippen MR) is 70.8 cm³/mol. The van der Waals surface area contributed by atoms with Crippen molar-refractivity contribution in [2.45, 2.75) is 33.1 Å². The number of anilines is 2. The number of benzene rings is 1. The second-order valence-corrected chi connectivity index (χ2v) is 5.16. The summed E-state index contributed by atoms with van der Waals surface area (Å²) >= 11 is 0. The molecule has 0 amide bonds. The highest BCUT2D eigenvalue weighted by molar-refractivity contribution is 5.62.